The Balaban J connectivity index is 3.91. The lowest BCUT2D eigenvalue weighted by Gasteiger charge is -2.07. The maximum Gasteiger partial charge on any atom is 0.313 e. The molecule has 0 saturated heterocycles. The summed E-state index contributed by atoms with van der Waals surface area (Å²) in [4.78, 5) is 7.28. The van der Waals surface area contributed by atoms with E-state index < -0.39 is 48.5 Å². The highest BCUT2D eigenvalue weighted by atomic mass is 32.2. The van der Waals surface area contributed by atoms with Gasteiger partial charge in [-0.3, -0.25) is 10.1 Å². The Kier molecular flexibility index (Phi) is 3.12. The SMILES string of the molecule is Cc1c(F)c(S(N)(=O)=O)c(F)c(F)c1[N+](=O)[O-]. The fraction of sp³-hybridized carbons (Fsp3) is 0.143. The van der Waals surface area contributed by atoms with Crippen molar-refractivity contribution >= 4 is 15.7 Å². The third kappa shape index (κ3) is 2.08. The molecule has 1 aromatic rings. The van der Waals surface area contributed by atoms with Crippen molar-refractivity contribution in [2.45, 2.75) is 11.8 Å². The van der Waals surface area contributed by atoms with E-state index in [0.717, 1.165) is 6.92 Å². The van der Waals surface area contributed by atoms with Gasteiger partial charge in [-0.25, -0.2) is 22.3 Å². The number of primary sulfonamides is 1. The Hall–Kier alpha value is -1.68. The van der Waals surface area contributed by atoms with Gasteiger partial charge in [0, 0.05) is 0 Å². The number of halogens is 3. The zero-order valence-corrected chi connectivity index (χ0v) is 9.02. The van der Waals surface area contributed by atoms with Crippen LogP contribution in [0.25, 0.3) is 0 Å². The molecule has 0 unspecified atom stereocenters. The molecule has 0 bridgehead atoms. The van der Waals surface area contributed by atoms with Gasteiger partial charge < -0.3 is 0 Å². The van der Waals surface area contributed by atoms with E-state index in [9.17, 15) is 31.7 Å². The Morgan fingerprint density at radius 1 is 1.18 bits per heavy atom. The minimum Gasteiger partial charge on any atom is -0.258 e. The molecule has 1 rings (SSSR count). The topological polar surface area (TPSA) is 103 Å². The first kappa shape index (κ1) is 13.4. The minimum atomic E-state index is -4.86. The first-order chi connectivity index (χ1) is 7.59. The van der Waals surface area contributed by atoms with Crippen LogP contribution in [0.5, 0.6) is 0 Å². The number of nitrogens with zero attached hydrogens (tertiary/aromatic N) is 1. The van der Waals surface area contributed by atoms with Crippen molar-refractivity contribution in [2.75, 3.05) is 0 Å². The van der Waals surface area contributed by atoms with Crippen molar-refractivity contribution in [3.8, 4) is 0 Å². The fourth-order valence-electron chi connectivity index (χ4n) is 1.21. The highest BCUT2D eigenvalue weighted by Gasteiger charge is 2.34. The molecule has 0 spiro atoms. The molecule has 6 nitrogen and oxygen atoms in total. The molecule has 94 valence electrons. The third-order valence-corrected chi connectivity index (χ3v) is 2.88. The standard InChI is InChI=1S/C7H5F3N2O4S/c1-2-3(8)7(17(11,15)16)5(10)4(9)6(2)12(13)14/h1H3,(H2,11,15,16). The van der Waals surface area contributed by atoms with Crippen LogP contribution in [0.3, 0.4) is 0 Å². The molecule has 17 heavy (non-hydrogen) atoms. The van der Waals surface area contributed by atoms with E-state index in [0.29, 0.717) is 0 Å². The Morgan fingerprint density at radius 2 is 1.65 bits per heavy atom. The molecule has 0 aliphatic carbocycles. The number of rotatable bonds is 2. The van der Waals surface area contributed by atoms with Gasteiger partial charge in [0.25, 0.3) is 0 Å². The highest BCUT2D eigenvalue weighted by Crippen LogP contribution is 2.31. The normalized spacial score (nSPS) is 11.6. The van der Waals surface area contributed by atoms with Crippen molar-refractivity contribution in [3.63, 3.8) is 0 Å². The number of nitro groups is 1. The lowest BCUT2D eigenvalue weighted by atomic mass is 10.2. The van der Waals surface area contributed by atoms with Crippen LogP contribution in [0.1, 0.15) is 5.56 Å². The Bertz CT molecular complexity index is 585. The van der Waals surface area contributed by atoms with Crippen LogP contribution < -0.4 is 5.14 Å². The molecule has 1 aromatic carbocycles. The molecular formula is C7H5F3N2O4S. The van der Waals surface area contributed by atoms with Crippen LogP contribution in [0, 0.1) is 34.5 Å². The van der Waals surface area contributed by atoms with Gasteiger partial charge in [-0.15, -0.1) is 0 Å². The van der Waals surface area contributed by atoms with Crippen molar-refractivity contribution < 1.29 is 26.5 Å². The molecule has 0 fully saturated rings. The van der Waals surface area contributed by atoms with Gasteiger partial charge in [0.1, 0.15) is 0 Å². The van der Waals surface area contributed by atoms with Crippen molar-refractivity contribution in [1.29, 1.82) is 0 Å². The number of nitrogens with two attached hydrogens (primary N) is 1. The molecular weight excluding hydrogens is 265 g/mol. The quantitative estimate of drug-likeness (QED) is 0.491. The van der Waals surface area contributed by atoms with Crippen molar-refractivity contribution in [3.05, 3.63) is 33.1 Å². The third-order valence-electron chi connectivity index (χ3n) is 1.95. The van der Waals surface area contributed by atoms with Crippen LogP contribution in [-0.4, -0.2) is 13.3 Å². The zero-order valence-electron chi connectivity index (χ0n) is 8.20. The summed E-state index contributed by atoms with van der Waals surface area (Å²) >= 11 is 0. The summed E-state index contributed by atoms with van der Waals surface area (Å²) in [6.45, 7) is 0.741. The largest absolute Gasteiger partial charge is 0.313 e. The summed E-state index contributed by atoms with van der Waals surface area (Å²) in [5.74, 6) is -6.06. The maximum atomic E-state index is 13.4. The second-order valence-electron chi connectivity index (χ2n) is 3.05. The summed E-state index contributed by atoms with van der Waals surface area (Å²) in [5, 5.41) is 14.8. The summed E-state index contributed by atoms with van der Waals surface area (Å²) in [6, 6.07) is 0. The van der Waals surface area contributed by atoms with Gasteiger partial charge in [-0.05, 0) is 6.92 Å². The smallest absolute Gasteiger partial charge is 0.258 e. The monoisotopic (exact) mass is 270 g/mol. The van der Waals surface area contributed by atoms with E-state index >= 15 is 0 Å². The molecule has 0 heterocycles. The minimum absolute atomic E-state index is 0.741. The molecule has 0 amide bonds. The molecule has 0 atom stereocenters. The number of hydrogen-bond acceptors (Lipinski definition) is 4. The van der Waals surface area contributed by atoms with Gasteiger partial charge in [-0.1, -0.05) is 0 Å². The van der Waals surface area contributed by atoms with Gasteiger partial charge >= 0.3 is 5.69 Å². The van der Waals surface area contributed by atoms with Gasteiger partial charge in [0.05, 0.1) is 10.5 Å². The Morgan fingerprint density at radius 3 is 2.00 bits per heavy atom. The average Bonchev–Trinajstić information content (AvgIpc) is 2.12. The van der Waals surface area contributed by atoms with Crippen LogP contribution in [0.2, 0.25) is 0 Å². The highest BCUT2D eigenvalue weighted by molar-refractivity contribution is 7.89. The van der Waals surface area contributed by atoms with E-state index in [1.54, 1.807) is 0 Å². The lowest BCUT2D eigenvalue weighted by molar-refractivity contribution is -0.388. The summed E-state index contributed by atoms with van der Waals surface area (Å²) in [6.07, 6.45) is 0. The van der Waals surface area contributed by atoms with Crippen molar-refractivity contribution in [1.82, 2.24) is 0 Å². The molecule has 0 radical (unpaired) electrons. The van der Waals surface area contributed by atoms with Gasteiger partial charge in [0.2, 0.25) is 15.8 Å². The molecule has 10 heteroatoms. The average molecular weight is 270 g/mol. The fourth-order valence-corrected chi connectivity index (χ4v) is 1.95. The first-order valence-corrected chi connectivity index (χ1v) is 5.48. The Labute approximate surface area is 93.0 Å². The molecule has 2 N–H and O–H groups in total. The van der Waals surface area contributed by atoms with Crippen LogP contribution in [0.15, 0.2) is 4.90 Å². The molecule has 0 aliphatic heterocycles. The summed E-state index contributed by atoms with van der Waals surface area (Å²) in [7, 11) is -4.86. The maximum absolute atomic E-state index is 13.4. The second-order valence-corrected chi connectivity index (χ2v) is 4.55. The summed E-state index contributed by atoms with van der Waals surface area (Å²) < 4.78 is 61.4. The first-order valence-electron chi connectivity index (χ1n) is 3.93. The van der Waals surface area contributed by atoms with Gasteiger partial charge in [-0.2, -0.15) is 4.39 Å². The van der Waals surface area contributed by atoms with E-state index in [4.69, 9.17) is 0 Å². The zero-order chi connectivity index (χ0) is 13.5. The van der Waals surface area contributed by atoms with Crippen molar-refractivity contribution in [2.24, 2.45) is 5.14 Å². The number of nitro benzene ring substituents is 1. The predicted molar refractivity (Wildman–Crippen MR) is 49.1 cm³/mol. The number of benzene rings is 1. The van der Waals surface area contributed by atoms with Gasteiger partial charge in [0.15, 0.2) is 16.5 Å². The molecule has 0 aliphatic rings. The second kappa shape index (κ2) is 3.96. The van der Waals surface area contributed by atoms with E-state index in [-0.39, 0.29) is 0 Å². The van der Waals surface area contributed by atoms with E-state index in [1.807, 2.05) is 0 Å². The van der Waals surface area contributed by atoms with E-state index in [1.165, 1.54) is 0 Å². The summed E-state index contributed by atoms with van der Waals surface area (Å²) in [5.41, 5.74) is -2.41. The number of hydrogen-bond donors (Lipinski definition) is 1. The van der Waals surface area contributed by atoms with Crippen LogP contribution in [-0.2, 0) is 10.0 Å². The van der Waals surface area contributed by atoms with E-state index in [2.05, 4.69) is 5.14 Å². The van der Waals surface area contributed by atoms with Crippen LogP contribution in [0.4, 0.5) is 18.9 Å². The molecule has 0 saturated carbocycles. The lowest BCUT2D eigenvalue weighted by Crippen LogP contribution is -2.19. The number of sulfonamides is 1. The predicted octanol–water partition coefficient (Wildman–Crippen LogP) is 0.968. The van der Waals surface area contributed by atoms with Crippen LogP contribution >= 0.6 is 0 Å². The molecule has 0 aromatic heterocycles.